The fourth-order valence-corrected chi connectivity index (χ4v) is 6.29. The zero-order valence-corrected chi connectivity index (χ0v) is 22.5. The molecule has 1 heterocycles. The Hall–Kier alpha value is -3.35. The number of methoxy groups -OCH3 is 1. The molecule has 0 aliphatic heterocycles. The molecule has 2 aliphatic carbocycles. The molecule has 0 unspecified atom stereocenters. The molecule has 1 aromatic heterocycles. The molecule has 7 nitrogen and oxygen atoms in total. The van der Waals surface area contributed by atoms with Crippen LogP contribution in [0.15, 0.2) is 48.5 Å². The minimum atomic E-state index is -0.150. The van der Waals surface area contributed by atoms with Gasteiger partial charge in [-0.05, 0) is 56.0 Å². The van der Waals surface area contributed by atoms with Crippen LogP contribution in [0, 0.1) is 0 Å². The summed E-state index contributed by atoms with van der Waals surface area (Å²) in [6, 6.07) is 15.9. The maximum absolute atomic E-state index is 14.0. The van der Waals surface area contributed by atoms with Gasteiger partial charge in [0.15, 0.2) is 0 Å². The summed E-state index contributed by atoms with van der Waals surface area (Å²) < 4.78 is 7.32. The number of ether oxygens (including phenoxy) is 1. The van der Waals surface area contributed by atoms with Crippen LogP contribution in [0.3, 0.4) is 0 Å². The number of hydrogen-bond donors (Lipinski definition) is 1. The summed E-state index contributed by atoms with van der Waals surface area (Å²) >= 11 is 0. The Bertz CT molecular complexity index is 1220. The number of aromatic nitrogens is 2. The minimum absolute atomic E-state index is 0.150. The first kappa shape index (κ1) is 26.3. The highest BCUT2D eigenvalue weighted by molar-refractivity contribution is 5.94. The van der Waals surface area contributed by atoms with Gasteiger partial charge in [-0.3, -0.25) is 9.59 Å². The summed E-state index contributed by atoms with van der Waals surface area (Å²) in [6.07, 6.45) is 12.5. The molecule has 0 radical (unpaired) electrons. The number of benzene rings is 2. The van der Waals surface area contributed by atoms with Crippen molar-refractivity contribution in [2.45, 2.75) is 89.3 Å². The molecule has 0 saturated heterocycles. The van der Waals surface area contributed by atoms with E-state index in [2.05, 4.69) is 14.8 Å². The van der Waals surface area contributed by atoms with Gasteiger partial charge >= 0.3 is 0 Å². The van der Waals surface area contributed by atoms with Gasteiger partial charge < -0.3 is 19.5 Å². The van der Waals surface area contributed by atoms with Crippen LogP contribution in [0.4, 0.5) is 0 Å². The summed E-state index contributed by atoms with van der Waals surface area (Å²) in [5.41, 5.74) is 2.42. The monoisotopic (exact) mass is 516 g/mol. The number of imidazole rings is 1. The van der Waals surface area contributed by atoms with E-state index in [0.717, 1.165) is 42.5 Å². The van der Waals surface area contributed by atoms with Crippen LogP contribution in [0.2, 0.25) is 0 Å². The van der Waals surface area contributed by atoms with Crippen molar-refractivity contribution in [2.24, 2.45) is 0 Å². The highest BCUT2D eigenvalue weighted by Gasteiger charge is 2.33. The van der Waals surface area contributed by atoms with Gasteiger partial charge in [-0.25, -0.2) is 4.98 Å². The van der Waals surface area contributed by atoms with Gasteiger partial charge in [0.05, 0.1) is 18.1 Å². The maximum atomic E-state index is 14.0. The number of nitrogens with one attached hydrogen (secondary N) is 1. The third-order valence-corrected chi connectivity index (χ3v) is 8.22. The Labute approximate surface area is 225 Å². The van der Waals surface area contributed by atoms with Crippen LogP contribution in [-0.4, -0.2) is 52.0 Å². The van der Waals surface area contributed by atoms with E-state index in [-0.39, 0.29) is 11.8 Å². The van der Waals surface area contributed by atoms with Crippen LogP contribution >= 0.6 is 0 Å². The lowest BCUT2D eigenvalue weighted by Gasteiger charge is -2.42. The number of para-hydroxylation sites is 2. The lowest BCUT2D eigenvalue weighted by atomic mass is 9.88. The zero-order chi connectivity index (χ0) is 26.3. The fraction of sp³-hybridized carbons (Fsp3) is 0.516. The van der Waals surface area contributed by atoms with Crippen molar-refractivity contribution in [3.05, 3.63) is 59.9 Å². The molecule has 2 aromatic carbocycles. The van der Waals surface area contributed by atoms with Crippen LogP contribution in [0.5, 0.6) is 5.75 Å². The molecule has 7 heteroatoms. The number of carbonyl (C=O) groups is 2. The van der Waals surface area contributed by atoms with E-state index >= 15 is 0 Å². The Morgan fingerprint density at radius 2 is 1.63 bits per heavy atom. The van der Waals surface area contributed by atoms with Crippen molar-refractivity contribution in [2.75, 3.05) is 13.7 Å². The second kappa shape index (κ2) is 12.5. The summed E-state index contributed by atoms with van der Waals surface area (Å²) in [5.74, 6) is 1.55. The first-order valence-electron chi connectivity index (χ1n) is 14.3. The number of hydrogen-bond acceptors (Lipinski definition) is 4. The van der Waals surface area contributed by atoms with E-state index < -0.39 is 0 Å². The molecule has 202 valence electrons. The second-order valence-electron chi connectivity index (χ2n) is 10.7. The third kappa shape index (κ3) is 6.03. The Balaban J connectivity index is 1.33. The molecule has 2 fully saturated rings. The third-order valence-electron chi connectivity index (χ3n) is 8.22. The predicted octanol–water partition coefficient (Wildman–Crippen LogP) is 5.51. The van der Waals surface area contributed by atoms with Gasteiger partial charge in [0, 0.05) is 30.6 Å². The van der Waals surface area contributed by atoms with Gasteiger partial charge in [-0.15, -0.1) is 0 Å². The molecule has 5 rings (SSSR count). The predicted molar refractivity (Wildman–Crippen MR) is 149 cm³/mol. The van der Waals surface area contributed by atoms with Gasteiger partial charge in [0.2, 0.25) is 5.91 Å². The van der Waals surface area contributed by atoms with E-state index in [0.29, 0.717) is 42.9 Å². The molecular weight excluding hydrogens is 476 g/mol. The number of fused-ring (bicyclic) bond motifs is 1. The average Bonchev–Trinajstić information content (AvgIpc) is 3.31. The van der Waals surface area contributed by atoms with E-state index in [4.69, 9.17) is 9.72 Å². The number of amides is 2. The van der Waals surface area contributed by atoms with Crippen molar-refractivity contribution in [1.29, 1.82) is 0 Å². The largest absolute Gasteiger partial charge is 0.497 e. The Morgan fingerprint density at radius 3 is 2.32 bits per heavy atom. The molecule has 2 aliphatic rings. The van der Waals surface area contributed by atoms with Gasteiger partial charge in [0.25, 0.3) is 5.91 Å². The summed E-state index contributed by atoms with van der Waals surface area (Å²) in [6.45, 7) is 0.731. The molecular formula is C31H40N4O3. The zero-order valence-electron chi connectivity index (χ0n) is 22.5. The Morgan fingerprint density at radius 1 is 0.947 bits per heavy atom. The standard InChI is InChI=1S/C31H40N4O3/c1-38-26-16-10-11-23(21-26)31(37)32-20-19-29-33-27-17-8-9-18-28(27)34(29)22-30(36)35(24-12-4-2-5-13-24)25-14-6-3-7-15-25/h8-11,16-18,21,24-25H,2-7,12-15,19-20,22H2,1H3,(H,32,37). The lowest BCUT2D eigenvalue weighted by molar-refractivity contribution is -0.138. The fourth-order valence-electron chi connectivity index (χ4n) is 6.29. The lowest BCUT2D eigenvalue weighted by Crippen LogP contribution is -2.50. The van der Waals surface area contributed by atoms with Crippen molar-refractivity contribution in [3.63, 3.8) is 0 Å². The Kier molecular flexibility index (Phi) is 8.61. The summed E-state index contributed by atoms with van der Waals surface area (Å²) in [7, 11) is 1.59. The normalized spacial score (nSPS) is 16.9. The van der Waals surface area contributed by atoms with E-state index in [9.17, 15) is 9.59 Å². The van der Waals surface area contributed by atoms with Crippen molar-refractivity contribution in [3.8, 4) is 5.75 Å². The molecule has 38 heavy (non-hydrogen) atoms. The second-order valence-corrected chi connectivity index (χ2v) is 10.7. The van der Waals surface area contributed by atoms with E-state index in [1.807, 2.05) is 36.4 Å². The minimum Gasteiger partial charge on any atom is -0.497 e. The molecule has 2 saturated carbocycles. The van der Waals surface area contributed by atoms with Crippen molar-refractivity contribution >= 4 is 22.8 Å². The highest BCUT2D eigenvalue weighted by Crippen LogP contribution is 2.31. The van der Waals surface area contributed by atoms with E-state index in [1.165, 1.54) is 38.5 Å². The van der Waals surface area contributed by atoms with Crippen LogP contribution in [-0.2, 0) is 17.8 Å². The molecule has 0 bridgehead atoms. The van der Waals surface area contributed by atoms with Crippen molar-refractivity contribution < 1.29 is 14.3 Å². The number of nitrogens with zero attached hydrogens (tertiary/aromatic N) is 3. The first-order chi connectivity index (χ1) is 18.6. The molecule has 0 spiro atoms. The molecule has 3 aromatic rings. The van der Waals surface area contributed by atoms with Crippen molar-refractivity contribution in [1.82, 2.24) is 19.8 Å². The number of carbonyl (C=O) groups excluding carboxylic acids is 2. The summed E-state index contributed by atoms with van der Waals surface area (Å²) in [4.78, 5) is 33.9. The van der Waals surface area contributed by atoms with Gasteiger partial charge in [0.1, 0.15) is 18.1 Å². The van der Waals surface area contributed by atoms with Gasteiger partial charge in [-0.2, -0.15) is 0 Å². The highest BCUT2D eigenvalue weighted by atomic mass is 16.5. The van der Waals surface area contributed by atoms with Gasteiger partial charge in [-0.1, -0.05) is 56.7 Å². The van der Waals surface area contributed by atoms with Crippen LogP contribution in [0.1, 0.15) is 80.4 Å². The molecule has 0 atom stereocenters. The number of rotatable bonds is 9. The summed E-state index contributed by atoms with van der Waals surface area (Å²) in [5, 5.41) is 3.01. The van der Waals surface area contributed by atoms with Crippen LogP contribution < -0.4 is 10.1 Å². The SMILES string of the molecule is COc1cccc(C(=O)NCCc2nc3ccccc3n2CC(=O)N(C2CCCCC2)C2CCCCC2)c1. The quantitative estimate of drug-likeness (QED) is 0.407. The topological polar surface area (TPSA) is 76.5 Å². The molecule has 1 N–H and O–H groups in total. The average molecular weight is 517 g/mol. The molecule has 2 amide bonds. The van der Waals surface area contributed by atoms with E-state index in [1.54, 1.807) is 19.2 Å². The smallest absolute Gasteiger partial charge is 0.251 e. The van der Waals surface area contributed by atoms with Crippen LogP contribution in [0.25, 0.3) is 11.0 Å². The maximum Gasteiger partial charge on any atom is 0.251 e. The first-order valence-corrected chi connectivity index (χ1v) is 14.3.